The van der Waals surface area contributed by atoms with E-state index in [9.17, 15) is 0 Å². The minimum atomic E-state index is 0.577. The van der Waals surface area contributed by atoms with E-state index in [1.54, 1.807) is 13.3 Å². The number of pyridine rings is 1. The van der Waals surface area contributed by atoms with E-state index in [0.29, 0.717) is 30.6 Å². The summed E-state index contributed by atoms with van der Waals surface area (Å²) in [6.07, 6.45) is 2.34. The smallest absolute Gasteiger partial charge is 0.240 e. The lowest BCUT2D eigenvalue weighted by Crippen LogP contribution is -2.05. The molecule has 0 atom stereocenters. The Morgan fingerprint density at radius 1 is 1.41 bits per heavy atom. The summed E-state index contributed by atoms with van der Waals surface area (Å²) in [6.45, 7) is 0.577. The van der Waals surface area contributed by atoms with Gasteiger partial charge in [0, 0.05) is 18.7 Å². The van der Waals surface area contributed by atoms with Crippen molar-refractivity contribution in [3.8, 4) is 5.88 Å². The molecule has 0 amide bonds. The summed E-state index contributed by atoms with van der Waals surface area (Å²) in [6, 6.07) is 3.74. The van der Waals surface area contributed by atoms with Gasteiger partial charge in [0.2, 0.25) is 11.8 Å². The molecule has 0 aromatic carbocycles. The van der Waals surface area contributed by atoms with Crippen molar-refractivity contribution in [2.45, 2.75) is 13.0 Å². The molecule has 0 bridgehead atoms. The fraction of sp³-hybridized carbons (Fsp3) is 0.364. The Bertz CT molecular complexity index is 467. The van der Waals surface area contributed by atoms with Gasteiger partial charge in [0.05, 0.1) is 13.7 Å². The highest BCUT2D eigenvalue weighted by molar-refractivity contribution is 5.20. The van der Waals surface area contributed by atoms with Gasteiger partial charge in [-0.05, 0) is 12.6 Å². The number of rotatable bonds is 5. The van der Waals surface area contributed by atoms with Crippen LogP contribution in [0.15, 0.2) is 22.9 Å². The molecule has 90 valence electrons. The number of nitrogens with zero attached hydrogens (tertiary/aromatic N) is 3. The summed E-state index contributed by atoms with van der Waals surface area (Å²) in [5, 5.41) is 6.84. The van der Waals surface area contributed by atoms with Crippen molar-refractivity contribution in [1.82, 2.24) is 20.4 Å². The monoisotopic (exact) mass is 234 g/mol. The molecule has 0 radical (unpaired) electrons. The Kier molecular flexibility index (Phi) is 3.66. The van der Waals surface area contributed by atoms with Crippen LogP contribution in [-0.2, 0) is 13.0 Å². The van der Waals surface area contributed by atoms with Gasteiger partial charge >= 0.3 is 0 Å². The third-order valence-corrected chi connectivity index (χ3v) is 2.21. The lowest BCUT2D eigenvalue weighted by atomic mass is 10.2. The quantitative estimate of drug-likeness (QED) is 0.824. The minimum Gasteiger partial charge on any atom is -0.481 e. The third-order valence-electron chi connectivity index (χ3n) is 2.21. The first-order chi connectivity index (χ1) is 8.31. The molecular weight excluding hydrogens is 220 g/mol. The van der Waals surface area contributed by atoms with Gasteiger partial charge in [0.1, 0.15) is 0 Å². The maximum absolute atomic E-state index is 5.05. The van der Waals surface area contributed by atoms with Crippen molar-refractivity contribution in [2.75, 3.05) is 14.2 Å². The van der Waals surface area contributed by atoms with Gasteiger partial charge in [-0.15, -0.1) is 0 Å². The Balaban J connectivity index is 2.03. The molecule has 0 saturated carbocycles. The second kappa shape index (κ2) is 5.40. The summed E-state index contributed by atoms with van der Waals surface area (Å²) < 4.78 is 10.0. The number of hydrogen-bond acceptors (Lipinski definition) is 6. The summed E-state index contributed by atoms with van der Waals surface area (Å²) in [4.78, 5) is 8.35. The van der Waals surface area contributed by atoms with Crippen molar-refractivity contribution < 1.29 is 9.26 Å². The molecule has 0 spiro atoms. The van der Waals surface area contributed by atoms with E-state index >= 15 is 0 Å². The van der Waals surface area contributed by atoms with Crippen molar-refractivity contribution >= 4 is 0 Å². The first kappa shape index (κ1) is 11.5. The lowest BCUT2D eigenvalue weighted by Gasteiger charge is -1.99. The largest absolute Gasteiger partial charge is 0.481 e. The molecule has 0 aliphatic rings. The van der Waals surface area contributed by atoms with Gasteiger partial charge in [-0.1, -0.05) is 11.2 Å². The predicted octanol–water partition coefficient (Wildman–Crippen LogP) is 0.783. The lowest BCUT2D eigenvalue weighted by molar-refractivity contribution is 0.367. The van der Waals surface area contributed by atoms with Crippen LogP contribution < -0.4 is 10.1 Å². The maximum Gasteiger partial charge on any atom is 0.240 e. The Labute approximate surface area is 99.0 Å². The normalized spacial score (nSPS) is 10.5. The van der Waals surface area contributed by atoms with E-state index in [4.69, 9.17) is 9.26 Å². The fourth-order valence-electron chi connectivity index (χ4n) is 1.40. The van der Waals surface area contributed by atoms with Crippen LogP contribution in [0.3, 0.4) is 0 Å². The molecule has 0 aliphatic heterocycles. The second-order valence-corrected chi connectivity index (χ2v) is 3.52. The molecule has 1 N–H and O–H groups in total. The van der Waals surface area contributed by atoms with E-state index < -0.39 is 0 Å². The standard InChI is InChI=1S/C11H14N4O2/c1-12-7-11-14-9(15-17-11)5-8-3-4-10(16-2)13-6-8/h3-4,6,12H,5,7H2,1-2H3. The Morgan fingerprint density at radius 2 is 2.29 bits per heavy atom. The molecule has 0 aliphatic carbocycles. The average Bonchev–Trinajstić information content (AvgIpc) is 2.78. The molecule has 0 saturated heterocycles. The number of hydrogen-bond donors (Lipinski definition) is 1. The minimum absolute atomic E-state index is 0.577. The molecule has 2 rings (SSSR count). The molecule has 2 heterocycles. The van der Waals surface area contributed by atoms with E-state index in [1.165, 1.54) is 0 Å². The van der Waals surface area contributed by atoms with E-state index in [-0.39, 0.29) is 0 Å². The zero-order chi connectivity index (χ0) is 12.1. The van der Waals surface area contributed by atoms with Crippen LogP contribution in [0.2, 0.25) is 0 Å². The molecule has 6 nitrogen and oxygen atoms in total. The van der Waals surface area contributed by atoms with Crippen LogP contribution in [0.5, 0.6) is 5.88 Å². The molecule has 0 fully saturated rings. The number of ether oxygens (including phenoxy) is 1. The summed E-state index contributed by atoms with van der Waals surface area (Å²) in [5.41, 5.74) is 1.02. The number of nitrogens with one attached hydrogen (secondary N) is 1. The zero-order valence-electron chi connectivity index (χ0n) is 9.80. The summed E-state index contributed by atoms with van der Waals surface area (Å²) in [5.74, 6) is 1.84. The van der Waals surface area contributed by atoms with Gasteiger partial charge in [-0.25, -0.2) is 4.98 Å². The van der Waals surface area contributed by atoms with Crippen LogP contribution in [-0.4, -0.2) is 29.3 Å². The molecule has 2 aromatic rings. The van der Waals surface area contributed by atoms with Gasteiger partial charge in [-0.3, -0.25) is 0 Å². The fourth-order valence-corrected chi connectivity index (χ4v) is 1.40. The molecule has 6 heteroatoms. The Morgan fingerprint density at radius 3 is 2.94 bits per heavy atom. The van der Waals surface area contributed by atoms with Gasteiger partial charge in [0.15, 0.2) is 5.82 Å². The highest BCUT2D eigenvalue weighted by Gasteiger charge is 2.06. The highest BCUT2D eigenvalue weighted by atomic mass is 16.5. The number of aromatic nitrogens is 3. The van der Waals surface area contributed by atoms with Crippen LogP contribution >= 0.6 is 0 Å². The molecule has 2 aromatic heterocycles. The number of methoxy groups -OCH3 is 1. The van der Waals surface area contributed by atoms with Gasteiger partial charge < -0.3 is 14.6 Å². The van der Waals surface area contributed by atoms with E-state index in [2.05, 4.69) is 20.4 Å². The molecule has 0 unspecified atom stereocenters. The highest BCUT2D eigenvalue weighted by Crippen LogP contribution is 2.10. The van der Waals surface area contributed by atoms with Crippen LogP contribution in [0, 0.1) is 0 Å². The maximum atomic E-state index is 5.05. The van der Waals surface area contributed by atoms with Crippen LogP contribution in [0.25, 0.3) is 0 Å². The topological polar surface area (TPSA) is 73.1 Å². The van der Waals surface area contributed by atoms with Gasteiger partial charge in [-0.2, -0.15) is 4.98 Å². The third kappa shape index (κ3) is 3.01. The van der Waals surface area contributed by atoms with Crippen molar-refractivity contribution in [3.63, 3.8) is 0 Å². The first-order valence-electron chi connectivity index (χ1n) is 5.27. The van der Waals surface area contributed by atoms with Crippen LogP contribution in [0.4, 0.5) is 0 Å². The Hall–Kier alpha value is -1.95. The van der Waals surface area contributed by atoms with Crippen molar-refractivity contribution in [3.05, 3.63) is 35.6 Å². The summed E-state index contributed by atoms with van der Waals surface area (Å²) >= 11 is 0. The predicted molar refractivity (Wildman–Crippen MR) is 60.7 cm³/mol. The average molecular weight is 234 g/mol. The molecule has 17 heavy (non-hydrogen) atoms. The molecular formula is C11H14N4O2. The van der Waals surface area contributed by atoms with E-state index in [0.717, 1.165) is 5.56 Å². The zero-order valence-corrected chi connectivity index (χ0v) is 9.80. The van der Waals surface area contributed by atoms with Crippen molar-refractivity contribution in [2.24, 2.45) is 0 Å². The SMILES string of the molecule is CNCc1nc(Cc2ccc(OC)nc2)no1. The van der Waals surface area contributed by atoms with Crippen LogP contribution in [0.1, 0.15) is 17.3 Å². The second-order valence-electron chi connectivity index (χ2n) is 3.52. The first-order valence-corrected chi connectivity index (χ1v) is 5.27. The summed E-state index contributed by atoms with van der Waals surface area (Å²) in [7, 11) is 3.42. The van der Waals surface area contributed by atoms with Gasteiger partial charge in [0.25, 0.3) is 0 Å². The van der Waals surface area contributed by atoms with E-state index in [1.807, 2.05) is 19.2 Å². The van der Waals surface area contributed by atoms with Crippen molar-refractivity contribution in [1.29, 1.82) is 0 Å².